The van der Waals surface area contributed by atoms with Gasteiger partial charge < -0.3 is 14.2 Å². The van der Waals surface area contributed by atoms with Crippen molar-refractivity contribution >= 4 is 44.2 Å². The Morgan fingerprint density at radius 3 is 2.29 bits per heavy atom. The number of ether oxygens (including phenoxy) is 3. The lowest BCUT2D eigenvalue weighted by molar-refractivity contribution is 0.0985. The van der Waals surface area contributed by atoms with Gasteiger partial charge >= 0.3 is 0 Å². The van der Waals surface area contributed by atoms with Gasteiger partial charge in [0.25, 0.3) is 5.91 Å². The van der Waals surface area contributed by atoms with E-state index in [1.807, 2.05) is 43.7 Å². The van der Waals surface area contributed by atoms with Crippen LogP contribution < -0.4 is 19.1 Å². The van der Waals surface area contributed by atoms with Crippen LogP contribution in [-0.4, -0.2) is 48.5 Å². The third-order valence-electron chi connectivity index (χ3n) is 5.67. The van der Waals surface area contributed by atoms with E-state index in [-0.39, 0.29) is 5.91 Å². The highest BCUT2D eigenvalue weighted by atomic mass is 35.5. The lowest BCUT2D eigenvalue weighted by Gasteiger charge is -2.21. The Labute approximate surface area is 213 Å². The van der Waals surface area contributed by atoms with Crippen LogP contribution in [0.15, 0.2) is 30.3 Å². The zero-order valence-electron chi connectivity index (χ0n) is 20.5. The number of carbonyl (C=O) groups excluding carboxylic acids is 1. The molecule has 0 fully saturated rings. The van der Waals surface area contributed by atoms with E-state index in [0.717, 1.165) is 27.2 Å². The quantitative estimate of drug-likeness (QED) is 0.311. The fraction of sp³-hybridized carbons (Fsp3) is 0.320. The summed E-state index contributed by atoms with van der Waals surface area (Å²) < 4.78 is 19.1. The highest BCUT2D eigenvalue weighted by molar-refractivity contribution is 7.22. The number of halogens is 1. The second kappa shape index (κ2) is 10.1. The Balaban J connectivity index is 1.79. The summed E-state index contributed by atoms with van der Waals surface area (Å²) in [5.74, 6) is 0.987. The molecule has 0 aliphatic rings. The maximum atomic E-state index is 13.9. The SMILES string of the molecule is COc1cc(C(=O)N(CCn2nc(C)cc2C)c2nc3c(C)cc(Cl)cc3s2)cc(OC)c1OC. The molecule has 0 atom stereocenters. The zero-order valence-corrected chi connectivity index (χ0v) is 22.1. The topological polar surface area (TPSA) is 78.7 Å². The molecule has 35 heavy (non-hydrogen) atoms. The normalized spacial score (nSPS) is 11.1. The number of fused-ring (bicyclic) bond motifs is 1. The molecule has 10 heteroatoms. The van der Waals surface area contributed by atoms with Crippen molar-refractivity contribution in [1.29, 1.82) is 0 Å². The highest BCUT2D eigenvalue weighted by Crippen LogP contribution is 2.39. The van der Waals surface area contributed by atoms with Crippen molar-refractivity contribution in [2.75, 3.05) is 32.8 Å². The van der Waals surface area contributed by atoms with Crippen molar-refractivity contribution in [2.45, 2.75) is 27.3 Å². The molecule has 0 aliphatic carbocycles. The van der Waals surface area contributed by atoms with Crippen LogP contribution in [0, 0.1) is 20.8 Å². The van der Waals surface area contributed by atoms with Crippen LogP contribution >= 0.6 is 22.9 Å². The molecule has 4 aromatic rings. The predicted molar refractivity (Wildman–Crippen MR) is 139 cm³/mol. The van der Waals surface area contributed by atoms with Crippen LogP contribution in [-0.2, 0) is 6.54 Å². The zero-order chi connectivity index (χ0) is 25.3. The molecule has 4 rings (SSSR count). The smallest absolute Gasteiger partial charge is 0.260 e. The van der Waals surface area contributed by atoms with E-state index >= 15 is 0 Å². The van der Waals surface area contributed by atoms with E-state index in [4.69, 9.17) is 30.8 Å². The van der Waals surface area contributed by atoms with Crippen LogP contribution in [0.3, 0.4) is 0 Å². The summed E-state index contributed by atoms with van der Waals surface area (Å²) in [4.78, 5) is 20.4. The molecule has 0 spiro atoms. The number of anilines is 1. The van der Waals surface area contributed by atoms with E-state index in [2.05, 4.69) is 5.10 Å². The summed E-state index contributed by atoms with van der Waals surface area (Å²) in [6.45, 7) is 6.77. The first-order valence-electron chi connectivity index (χ1n) is 10.9. The monoisotopic (exact) mass is 514 g/mol. The third-order valence-corrected chi connectivity index (χ3v) is 6.91. The Morgan fingerprint density at radius 1 is 1.03 bits per heavy atom. The van der Waals surface area contributed by atoms with E-state index in [0.29, 0.717) is 46.1 Å². The molecule has 0 radical (unpaired) electrons. The molecular formula is C25H27ClN4O4S. The molecule has 2 aromatic heterocycles. The largest absolute Gasteiger partial charge is 0.493 e. The fourth-order valence-corrected chi connectivity index (χ4v) is 5.44. The maximum Gasteiger partial charge on any atom is 0.260 e. The van der Waals surface area contributed by atoms with Crippen molar-refractivity contribution in [2.24, 2.45) is 0 Å². The minimum absolute atomic E-state index is 0.242. The van der Waals surface area contributed by atoms with Gasteiger partial charge in [-0.15, -0.1) is 0 Å². The molecule has 0 saturated carbocycles. The summed E-state index contributed by atoms with van der Waals surface area (Å²) in [5.41, 5.74) is 4.11. The Hall–Kier alpha value is -3.30. The Kier molecular flexibility index (Phi) is 7.18. The summed E-state index contributed by atoms with van der Waals surface area (Å²) in [7, 11) is 4.57. The summed E-state index contributed by atoms with van der Waals surface area (Å²) in [5, 5.41) is 5.75. The number of methoxy groups -OCH3 is 3. The second-order valence-corrected chi connectivity index (χ2v) is 9.53. The van der Waals surface area contributed by atoms with Gasteiger partial charge in [0.2, 0.25) is 5.75 Å². The minimum Gasteiger partial charge on any atom is -0.493 e. The van der Waals surface area contributed by atoms with Crippen LogP contribution in [0.5, 0.6) is 17.2 Å². The average Bonchev–Trinajstić information content (AvgIpc) is 3.40. The van der Waals surface area contributed by atoms with Crippen molar-refractivity contribution < 1.29 is 19.0 Å². The molecule has 2 aromatic carbocycles. The maximum absolute atomic E-state index is 13.9. The van der Waals surface area contributed by atoms with Gasteiger partial charge in [0.15, 0.2) is 16.6 Å². The minimum atomic E-state index is -0.242. The standard InChI is InChI=1S/C25H27ClN4O4S/c1-14-9-18(26)13-21-22(14)27-25(35-21)29(7-8-30-16(3)10-15(2)28-30)24(31)17-11-19(32-4)23(34-6)20(12-17)33-5/h9-13H,7-8H2,1-6H3. The van der Waals surface area contributed by atoms with Gasteiger partial charge in [0, 0.05) is 22.8 Å². The molecule has 0 N–H and O–H groups in total. The van der Waals surface area contributed by atoms with Crippen LogP contribution in [0.2, 0.25) is 5.02 Å². The van der Waals surface area contributed by atoms with E-state index in [1.54, 1.807) is 17.0 Å². The van der Waals surface area contributed by atoms with Gasteiger partial charge in [0.05, 0.1) is 43.8 Å². The lowest BCUT2D eigenvalue weighted by atomic mass is 10.1. The molecule has 0 aliphatic heterocycles. The first-order valence-corrected chi connectivity index (χ1v) is 12.1. The average molecular weight is 515 g/mol. The number of aromatic nitrogens is 3. The highest BCUT2D eigenvalue weighted by Gasteiger charge is 2.25. The number of hydrogen-bond acceptors (Lipinski definition) is 7. The second-order valence-electron chi connectivity index (χ2n) is 8.09. The first-order chi connectivity index (χ1) is 16.7. The van der Waals surface area contributed by atoms with E-state index < -0.39 is 0 Å². The van der Waals surface area contributed by atoms with Gasteiger partial charge in [-0.1, -0.05) is 22.9 Å². The van der Waals surface area contributed by atoms with Crippen LogP contribution in [0.25, 0.3) is 10.2 Å². The summed E-state index contributed by atoms with van der Waals surface area (Å²) in [6, 6.07) is 9.04. The van der Waals surface area contributed by atoms with Crippen LogP contribution in [0.4, 0.5) is 5.13 Å². The number of hydrogen-bond donors (Lipinski definition) is 0. The Morgan fingerprint density at radius 2 is 1.71 bits per heavy atom. The molecule has 0 saturated heterocycles. The van der Waals surface area contributed by atoms with Crippen molar-refractivity contribution in [3.8, 4) is 17.2 Å². The van der Waals surface area contributed by atoms with Gasteiger partial charge in [-0.2, -0.15) is 5.10 Å². The van der Waals surface area contributed by atoms with Gasteiger partial charge in [-0.25, -0.2) is 4.98 Å². The number of nitrogens with zero attached hydrogens (tertiary/aromatic N) is 4. The summed E-state index contributed by atoms with van der Waals surface area (Å²) in [6.07, 6.45) is 0. The lowest BCUT2D eigenvalue weighted by Crippen LogP contribution is -2.34. The molecular weight excluding hydrogens is 488 g/mol. The van der Waals surface area contributed by atoms with E-state index in [1.165, 1.54) is 32.7 Å². The number of carbonyl (C=O) groups is 1. The number of rotatable bonds is 8. The van der Waals surface area contributed by atoms with Crippen LogP contribution in [0.1, 0.15) is 27.3 Å². The van der Waals surface area contributed by atoms with Gasteiger partial charge in [-0.3, -0.25) is 14.4 Å². The summed E-state index contributed by atoms with van der Waals surface area (Å²) >= 11 is 7.70. The number of thiazole rings is 1. The Bertz CT molecular complexity index is 1370. The first kappa shape index (κ1) is 24.8. The molecule has 2 heterocycles. The van der Waals surface area contributed by atoms with E-state index in [9.17, 15) is 4.79 Å². The molecule has 1 amide bonds. The van der Waals surface area contributed by atoms with Crippen molar-refractivity contribution in [1.82, 2.24) is 14.8 Å². The van der Waals surface area contributed by atoms with Gasteiger partial charge in [0.1, 0.15) is 0 Å². The van der Waals surface area contributed by atoms with Gasteiger partial charge in [-0.05, 0) is 56.7 Å². The predicted octanol–water partition coefficient (Wildman–Crippen LogP) is 5.44. The molecule has 0 bridgehead atoms. The molecule has 0 unspecified atom stereocenters. The third kappa shape index (κ3) is 4.92. The number of aryl methyl sites for hydroxylation is 3. The van der Waals surface area contributed by atoms with Crippen molar-refractivity contribution in [3.05, 3.63) is 57.9 Å². The number of amides is 1. The molecule has 8 nitrogen and oxygen atoms in total. The number of benzene rings is 2. The fourth-order valence-electron chi connectivity index (χ4n) is 4.00. The van der Waals surface area contributed by atoms with Crippen molar-refractivity contribution in [3.63, 3.8) is 0 Å². The molecule has 184 valence electrons.